The van der Waals surface area contributed by atoms with Crippen LogP contribution in [0.4, 0.5) is 4.39 Å². The van der Waals surface area contributed by atoms with Gasteiger partial charge in [0.1, 0.15) is 18.5 Å². The van der Waals surface area contributed by atoms with Gasteiger partial charge in [0, 0.05) is 40.8 Å². The molecular formula is C29H32FN3O2. The number of fused-ring (bicyclic) bond motifs is 6. The summed E-state index contributed by atoms with van der Waals surface area (Å²) < 4.78 is 26.6. The van der Waals surface area contributed by atoms with E-state index in [1.165, 1.54) is 17.3 Å². The predicted octanol–water partition coefficient (Wildman–Crippen LogP) is 5.82. The first kappa shape index (κ1) is 22.4. The molecule has 3 heterocycles. The smallest absolute Gasteiger partial charge is 0.171 e. The lowest BCUT2D eigenvalue weighted by atomic mass is 9.86. The number of rotatable bonds is 6. The number of hydrogen-bond acceptors (Lipinski definition) is 4. The lowest BCUT2D eigenvalue weighted by Crippen LogP contribution is -2.43. The van der Waals surface area contributed by atoms with Crippen LogP contribution in [0.2, 0.25) is 0 Å². The molecule has 6 rings (SSSR count). The van der Waals surface area contributed by atoms with Crippen molar-refractivity contribution in [3.8, 4) is 11.5 Å². The molecule has 0 saturated heterocycles. The third-order valence-corrected chi connectivity index (χ3v) is 7.40. The topological polar surface area (TPSA) is 50.4 Å². The van der Waals surface area contributed by atoms with Gasteiger partial charge >= 0.3 is 0 Å². The Morgan fingerprint density at radius 3 is 2.91 bits per heavy atom. The molecule has 1 aliphatic heterocycles. The number of H-pyrrole nitrogens is 1. The minimum absolute atomic E-state index is 0.0257. The van der Waals surface area contributed by atoms with Gasteiger partial charge in [-0.25, -0.2) is 4.39 Å². The summed E-state index contributed by atoms with van der Waals surface area (Å²) in [5.74, 6) is 1.99. The fraction of sp³-hybridized carbons (Fsp3) is 0.414. The van der Waals surface area contributed by atoms with Gasteiger partial charge in [-0.2, -0.15) is 0 Å². The van der Waals surface area contributed by atoms with Crippen molar-refractivity contribution in [1.29, 1.82) is 0 Å². The predicted molar refractivity (Wildman–Crippen MR) is 137 cm³/mol. The summed E-state index contributed by atoms with van der Waals surface area (Å²) in [5.41, 5.74) is 5.55. The minimum Gasteiger partial charge on any atom is -0.486 e. The molecular weight excluding hydrogens is 441 g/mol. The highest BCUT2D eigenvalue weighted by atomic mass is 19.1. The molecule has 2 aliphatic rings. The van der Waals surface area contributed by atoms with E-state index >= 15 is 0 Å². The largest absolute Gasteiger partial charge is 0.486 e. The summed E-state index contributed by atoms with van der Waals surface area (Å²) in [7, 11) is 0. The summed E-state index contributed by atoms with van der Waals surface area (Å²) in [6.45, 7) is 7.64. The summed E-state index contributed by atoms with van der Waals surface area (Å²) in [6.07, 6.45) is 4.21. The highest BCUT2D eigenvalue weighted by Gasteiger charge is 2.28. The number of aryl methyl sites for hydroxylation is 2. The molecule has 0 fully saturated rings. The number of halogens is 1. The Morgan fingerprint density at radius 2 is 2.03 bits per heavy atom. The first-order valence-electron chi connectivity index (χ1n) is 12.8. The Kier molecular flexibility index (Phi) is 5.85. The number of benzene rings is 2. The van der Waals surface area contributed by atoms with Crippen LogP contribution in [0.1, 0.15) is 36.7 Å². The molecule has 5 nitrogen and oxygen atoms in total. The van der Waals surface area contributed by atoms with Crippen molar-refractivity contribution in [3.63, 3.8) is 0 Å². The molecule has 0 amide bonds. The maximum absolute atomic E-state index is 13.9. The number of hydrogen-bond donors (Lipinski definition) is 1. The van der Waals surface area contributed by atoms with Gasteiger partial charge in [-0.3, -0.25) is 9.88 Å². The molecule has 0 unspecified atom stereocenters. The van der Waals surface area contributed by atoms with Crippen LogP contribution in [0.5, 0.6) is 11.5 Å². The fourth-order valence-electron chi connectivity index (χ4n) is 5.81. The van der Waals surface area contributed by atoms with Crippen LogP contribution >= 0.6 is 0 Å². The zero-order valence-electron chi connectivity index (χ0n) is 20.4. The van der Waals surface area contributed by atoms with E-state index in [1.807, 2.05) is 31.2 Å². The Morgan fingerprint density at radius 1 is 1.11 bits per heavy atom. The molecule has 1 N–H and O–H groups in total. The first-order chi connectivity index (χ1) is 17.1. The maximum atomic E-state index is 13.9. The molecule has 0 bridgehead atoms. The second-order valence-corrected chi connectivity index (χ2v) is 10.1. The number of nitrogens with one attached hydrogen (secondary N) is 1. The Labute approximate surface area is 205 Å². The van der Waals surface area contributed by atoms with E-state index in [1.54, 1.807) is 6.07 Å². The maximum Gasteiger partial charge on any atom is 0.171 e. The lowest BCUT2D eigenvalue weighted by molar-refractivity contribution is 0.0547. The van der Waals surface area contributed by atoms with E-state index in [0.29, 0.717) is 12.5 Å². The average molecular weight is 474 g/mol. The summed E-state index contributed by atoms with van der Waals surface area (Å²) in [6, 6.07) is 13.1. The van der Waals surface area contributed by atoms with Crippen molar-refractivity contribution in [2.24, 2.45) is 5.92 Å². The minimum atomic E-state index is -0.165. The number of ether oxygens (including phenoxy) is 2. The summed E-state index contributed by atoms with van der Waals surface area (Å²) >= 11 is 0. The van der Waals surface area contributed by atoms with Crippen molar-refractivity contribution >= 4 is 21.8 Å². The van der Waals surface area contributed by atoms with Gasteiger partial charge in [0.05, 0.1) is 5.52 Å². The number of aromatic nitrogens is 2. The van der Waals surface area contributed by atoms with E-state index in [4.69, 9.17) is 9.47 Å². The highest BCUT2D eigenvalue weighted by molar-refractivity contribution is 5.88. The van der Waals surface area contributed by atoms with Gasteiger partial charge in [-0.05, 0) is 93.1 Å². The van der Waals surface area contributed by atoms with Gasteiger partial charge in [0.15, 0.2) is 11.5 Å². The zero-order valence-corrected chi connectivity index (χ0v) is 20.4. The Balaban J connectivity index is 1.17. The van der Waals surface area contributed by atoms with Crippen molar-refractivity contribution in [2.75, 3.05) is 26.2 Å². The second-order valence-electron chi connectivity index (χ2n) is 10.1. The molecule has 6 heteroatoms. The molecule has 2 aromatic carbocycles. The number of aromatic amines is 1. The molecule has 1 aliphatic carbocycles. The Hall–Kier alpha value is -3.12. The standard InChI is InChI=1S/C29H32FN3O2/c1-3-12-33(15-19-5-8-26-23(13-19)24-14-20(30)6-9-27(24)32-26)16-21-17-34-28-11-10-25-22(29(28)35-21)7-4-18(2)31-25/h4,6-7,9-11,14,19,21,32H,3,5,8,12-13,15-17H2,1-2H3/t19-,21+/m1/s1. The van der Waals surface area contributed by atoms with Gasteiger partial charge in [0.25, 0.3) is 0 Å². The second kappa shape index (κ2) is 9.15. The molecule has 0 spiro atoms. The quantitative estimate of drug-likeness (QED) is 0.383. The zero-order chi connectivity index (χ0) is 23.9. The van der Waals surface area contributed by atoms with Crippen LogP contribution in [0.25, 0.3) is 21.8 Å². The number of nitrogens with zero attached hydrogens (tertiary/aromatic N) is 2. The van der Waals surface area contributed by atoms with Crippen LogP contribution in [-0.4, -0.2) is 47.2 Å². The van der Waals surface area contributed by atoms with Crippen LogP contribution < -0.4 is 9.47 Å². The third-order valence-electron chi connectivity index (χ3n) is 7.40. The van der Waals surface area contributed by atoms with E-state index < -0.39 is 0 Å². The van der Waals surface area contributed by atoms with E-state index in [9.17, 15) is 4.39 Å². The van der Waals surface area contributed by atoms with Crippen molar-refractivity contribution in [2.45, 2.75) is 45.6 Å². The molecule has 4 aromatic rings. The SMILES string of the molecule is CCCN(C[C@@H]1CCc2[nH]c3ccc(F)cc3c2C1)C[C@H]1COc2ccc3nc(C)ccc3c2O1. The van der Waals surface area contributed by atoms with Crippen molar-refractivity contribution in [1.82, 2.24) is 14.9 Å². The first-order valence-corrected chi connectivity index (χ1v) is 12.8. The van der Waals surface area contributed by atoms with Gasteiger partial charge < -0.3 is 14.5 Å². The lowest BCUT2D eigenvalue weighted by Gasteiger charge is -2.34. The normalized spacial score (nSPS) is 19.4. The van der Waals surface area contributed by atoms with Crippen LogP contribution in [0.3, 0.4) is 0 Å². The molecule has 35 heavy (non-hydrogen) atoms. The van der Waals surface area contributed by atoms with E-state index in [0.717, 1.165) is 84.3 Å². The molecule has 0 saturated carbocycles. The van der Waals surface area contributed by atoms with Crippen molar-refractivity contribution in [3.05, 3.63) is 65.2 Å². The van der Waals surface area contributed by atoms with Gasteiger partial charge in [0.2, 0.25) is 0 Å². The van der Waals surface area contributed by atoms with Gasteiger partial charge in [-0.1, -0.05) is 6.92 Å². The molecule has 0 radical (unpaired) electrons. The fourth-order valence-corrected chi connectivity index (χ4v) is 5.81. The highest BCUT2D eigenvalue weighted by Crippen LogP contribution is 2.39. The van der Waals surface area contributed by atoms with Crippen molar-refractivity contribution < 1.29 is 13.9 Å². The van der Waals surface area contributed by atoms with E-state index in [2.05, 4.69) is 27.9 Å². The average Bonchev–Trinajstić information content (AvgIpc) is 3.21. The van der Waals surface area contributed by atoms with Crippen LogP contribution in [0.15, 0.2) is 42.5 Å². The number of pyridine rings is 1. The Bertz CT molecular complexity index is 1380. The summed E-state index contributed by atoms with van der Waals surface area (Å²) in [4.78, 5) is 10.7. The monoisotopic (exact) mass is 473 g/mol. The molecule has 2 aromatic heterocycles. The van der Waals surface area contributed by atoms with E-state index in [-0.39, 0.29) is 11.9 Å². The van der Waals surface area contributed by atoms with Gasteiger partial charge in [-0.15, -0.1) is 0 Å². The molecule has 182 valence electrons. The van der Waals surface area contributed by atoms with Crippen LogP contribution in [0, 0.1) is 18.7 Å². The molecule has 2 atom stereocenters. The third kappa shape index (κ3) is 4.36. The van der Waals surface area contributed by atoms with Crippen LogP contribution in [-0.2, 0) is 12.8 Å². The summed E-state index contributed by atoms with van der Waals surface area (Å²) in [5, 5.41) is 2.05.